The number of benzene rings is 9. The Kier molecular flexibility index (Phi) is 7.53. The van der Waals surface area contributed by atoms with Crippen LogP contribution in [0.25, 0.3) is 99.5 Å². The summed E-state index contributed by atoms with van der Waals surface area (Å²) in [6.07, 6.45) is 0. The number of hydrogen-bond donors (Lipinski definition) is 0. The quantitative estimate of drug-likeness (QED) is 0.162. The van der Waals surface area contributed by atoms with E-state index in [1.807, 2.05) is 0 Å². The molecule has 11 rings (SSSR count). The van der Waals surface area contributed by atoms with Crippen LogP contribution in [0.2, 0.25) is 0 Å². The second-order valence-corrected chi connectivity index (χ2v) is 14.5. The molecule has 0 aliphatic rings. The molecule has 0 aliphatic heterocycles. The zero-order valence-corrected chi connectivity index (χ0v) is 30.7. The van der Waals surface area contributed by atoms with Crippen LogP contribution >= 0.6 is 0 Å². The predicted octanol–water partition coefficient (Wildman–Crippen LogP) is 14.5. The van der Waals surface area contributed by atoms with Crippen LogP contribution in [-0.4, -0.2) is 9.13 Å². The van der Waals surface area contributed by atoms with Gasteiger partial charge in [-0.25, -0.2) is 0 Å². The fourth-order valence-corrected chi connectivity index (χ4v) is 8.80. The second kappa shape index (κ2) is 13.2. The lowest BCUT2D eigenvalue weighted by Crippen LogP contribution is -1.99. The van der Waals surface area contributed by atoms with E-state index in [9.17, 15) is 0 Å². The van der Waals surface area contributed by atoms with Gasteiger partial charge in [-0.3, -0.25) is 0 Å². The first-order valence-electron chi connectivity index (χ1n) is 19.3. The van der Waals surface area contributed by atoms with E-state index < -0.39 is 0 Å². The summed E-state index contributed by atoms with van der Waals surface area (Å²) in [7, 11) is 0. The molecule has 0 aliphatic carbocycles. The molecule has 2 heteroatoms. The minimum Gasteiger partial charge on any atom is -0.309 e. The molecule has 0 fully saturated rings. The van der Waals surface area contributed by atoms with Crippen LogP contribution in [-0.2, 0) is 0 Å². The van der Waals surface area contributed by atoms with E-state index in [1.165, 1.54) is 88.1 Å². The van der Waals surface area contributed by atoms with Gasteiger partial charge in [-0.2, -0.15) is 0 Å². The first-order chi connectivity index (χ1) is 27.8. The maximum Gasteiger partial charge on any atom is 0.0562 e. The van der Waals surface area contributed by atoms with Gasteiger partial charge in [0, 0.05) is 32.8 Å². The van der Waals surface area contributed by atoms with E-state index in [2.05, 4.69) is 228 Å². The van der Waals surface area contributed by atoms with Crippen molar-refractivity contribution in [2.75, 3.05) is 0 Å². The van der Waals surface area contributed by atoms with Crippen LogP contribution in [0.15, 0.2) is 218 Å². The standard InChI is InChI=1S/C54H36N2/c1-3-16-37(17-4-1)39-20-13-22-41(34-39)44-24-7-10-28-49(44)56-50-29-11-8-25-46(50)47-33-32-43(36-53(47)56)55-51-30-12-9-26-48(51)54-45(27-15-31-52(54)55)42-23-14-21-40(35-42)38-18-5-2-6-19-38/h1-36H. The normalized spacial score (nSPS) is 11.6. The molecule has 2 nitrogen and oxygen atoms in total. The molecule has 0 bridgehead atoms. The third-order valence-electron chi connectivity index (χ3n) is 11.3. The molecular formula is C54H36N2. The summed E-state index contributed by atoms with van der Waals surface area (Å²) in [5, 5.41) is 4.98. The van der Waals surface area contributed by atoms with E-state index in [0.29, 0.717) is 0 Å². The molecular weight excluding hydrogens is 677 g/mol. The summed E-state index contributed by atoms with van der Waals surface area (Å²) >= 11 is 0. The van der Waals surface area contributed by atoms with Gasteiger partial charge in [0.2, 0.25) is 0 Å². The van der Waals surface area contributed by atoms with Gasteiger partial charge in [-0.15, -0.1) is 0 Å². The van der Waals surface area contributed by atoms with Gasteiger partial charge in [-0.1, -0.05) is 170 Å². The second-order valence-electron chi connectivity index (χ2n) is 14.5. The van der Waals surface area contributed by atoms with Gasteiger partial charge in [0.05, 0.1) is 27.8 Å². The van der Waals surface area contributed by atoms with Crippen molar-refractivity contribution in [1.29, 1.82) is 0 Å². The molecule has 11 aromatic rings. The van der Waals surface area contributed by atoms with Gasteiger partial charge in [0.1, 0.15) is 0 Å². The van der Waals surface area contributed by atoms with E-state index in [0.717, 1.165) is 11.4 Å². The highest BCUT2D eigenvalue weighted by Crippen LogP contribution is 2.42. The monoisotopic (exact) mass is 712 g/mol. The highest BCUT2D eigenvalue weighted by Gasteiger charge is 2.20. The Morgan fingerprint density at radius 1 is 0.250 bits per heavy atom. The van der Waals surface area contributed by atoms with Gasteiger partial charge in [0.15, 0.2) is 0 Å². The van der Waals surface area contributed by atoms with E-state index in [-0.39, 0.29) is 0 Å². The third-order valence-corrected chi connectivity index (χ3v) is 11.3. The van der Waals surface area contributed by atoms with Crippen molar-refractivity contribution >= 4 is 43.6 Å². The largest absolute Gasteiger partial charge is 0.309 e. The SMILES string of the molecule is c1ccc(-c2cccc(-c3ccccc3-n3c4ccccc4c4ccc(-n5c6ccccc6c6c(-c7cccc(-c8ccccc8)c7)cccc65)cc43)c2)cc1. The highest BCUT2D eigenvalue weighted by atomic mass is 15.0. The minimum atomic E-state index is 1.13. The molecule has 0 radical (unpaired) electrons. The molecule has 262 valence electrons. The lowest BCUT2D eigenvalue weighted by atomic mass is 9.96. The van der Waals surface area contributed by atoms with Crippen LogP contribution < -0.4 is 0 Å². The Balaban J connectivity index is 1.13. The van der Waals surface area contributed by atoms with Crippen molar-refractivity contribution in [3.8, 4) is 55.9 Å². The Morgan fingerprint density at radius 3 is 1.45 bits per heavy atom. The third kappa shape index (κ3) is 5.19. The fourth-order valence-electron chi connectivity index (χ4n) is 8.80. The molecule has 0 unspecified atom stereocenters. The average Bonchev–Trinajstić information content (AvgIpc) is 3.80. The summed E-state index contributed by atoms with van der Waals surface area (Å²) in [6, 6.07) is 79.4. The summed E-state index contributed by atoms with van der Waals surface area (Å²) in [5.41, 5.74) is 16.7. The molecule has 0 atom stereocenters. The van der Waals surface area contributed by atoms with Gasteiger partial charge in [-0.05, 0) is 87.5 Å². The molecule has 0 N–H and O–H groups in total. The van der Waals surface area contributed by atoms with Crippen LogP contribution in [0, 0.1) is 0 Å². The lowest BCUT2D eigenvalue weighted by Gasteiger charge is -2.16. The minimum absolute atomic E-state index is 1.13. The average molecular weight is 713 g/mol. The number of rotatable bonds is 6. The van der Waals surface area contributed by atoms with Crippen LogP contribution in [0.5, 0.6) is 0 Å². The number of fused-ring (bicyclic) bond motifs is 6. The zero-order valence-electron chi connectivity index (χ0n) is 30.7. The molecule has 56 heavy (non-hydrogen) atoms. The number of para-hydroxylation sites is 3. The molecule has 0 amide bonds. The first-order valence-corrected chi connectivity index (χ1v) is 19.3. The van der Waals surface area contributed by atoms with Crippen molar-refractivity contribution in [3.63, 3.8) is 0 Å². The van der Waals surface area contributed by atoms with Gasteiger partial charge >= 0.3 is 0 Å². The maximum atomic E-state index is 2.47. The summed E-state index contributed by atoms with van der Waals surface area (Å²) in [6.45, 7) is 0. The van der Waals surface area contributed by atoms with Gasteiger partial charge < -0.3 is 9.13 Å². The van der Waals surface area contributed by atoms with Crippen LogP contribution in [0.3, 0.4) is 0 Å². The van der Waals surface area contributed by atoms with E-state index in [4.69, 9.17) is 0 Å². The van der Waals surface area contributed by atoms with Crippen LogP contribution in [0.4, 0.5) is 0 Å². The zero-order chi connectivity index (χ0) is 37.0. The Morgan fingerprint density at radius 2 is 0.732 bits per heavy atom. The molecule has 0 spiro atoms. The maximum absolute atomic E-state index is 2.47. The summed E-state index contributed by atoms with van der Waals surface area (Å²) < 4.78 is 4.92. The van der Waals surface area contributed by atoms with Crippen molar-refractivity contribution in [2.45, 2.75) is 0 Å². The van der Waals surface area contributed by atoms with Crippen molar-refractivity contribution in [1.82, 2.24) is 9.13 Å². The van der Waals surface area contributed by atoms with E-state index in [1.54, 1.807) is 0 Å². The number of aromatic nitrogens is 2. The highest BCUT2D eigenvalue weighted by molar-refractivity contribution is 6.16. The summed E-state index contributed by atoms with van der Waals surface area (Å²) in [5.74, 6) is 0. The van der Waals surface area contributed by atoms with Crippen molar-refractivity contribution in [2.24, 2.45) is 0 Å². The fraction of sp³-hybridized carbons (Fsp3) is 0. The Hall–Kier alpha value is -7.42. The van der Waals surface area contributed by atoms with Crippen LogP contribution in [0.1, 0.15) is 0 Å². The molecule has 0 saturated carbocycles. The summed E-state index contributed by atoms with van der Waals surface area (Å²) in [4.78, 5) is 0. The van der Waals surface area contributed by atoms with Gasteiger partial charge in [0.25, 0.3) is 0 Å². The Labute approximate surface area is 325 Å². The number of nitrogens with zero attached hydrogens (tertiary/aromatic N) is 2. The van der Waals surface area contributed by atoms with Crippen molar-refractivity contribution < 1.29 is 0 Å². The molecule has 9 aromatic carbocycles. The smallest absolute Gasteiger partial charge is 0.0562 e. The number of hydrogen-bond acceptors (Lipinski definition) is 0. The Bertz CT molecular complexity index is 3240. The predicted molar refractivity (Wildman–Crippen MR) is 237 cm³/mol. The van der Waals surface area contributed by atoms with E-state index >= 15 is 0 Å². The first kappa shape index (κ1) is 32.0. The lowest BCUT2D eigenvalue weighted by molar-refractivity contribution is 1.16. The van der Waals surface area contributed by atoms with Crippen molar-refractivity contribution in [3.05, 3.63) is 218 Å². The topological polar surface area (TPSA) is 9.86 Å². The molecule has 2 aromatic heterocycles. The molecule has 0 saturated heterocycles. The molecule has 2 heterocycles.